The van der Waals surface area contributed by atoms with E-state index in [0.29, 0.717) is 16.7 Å². The van der Waals surface area contributed by atoms with E-state index in [0.717, 1.165) is 34.9 Å². The number of hydrogen-bond donors (Lipinski definition) is 2. The Bertz CT molecular complexity index is 724. The van der Waals surface area contributed by atoms with Crippen molar-refractivity contribution in [2.24, 2.45) is 0 Å². The quantitative estimate of drug-likeness (QED) is 0.896. The molecule has 0 radical (unpaired) electrons. The zero-order chi connectivity index (χ0) is 14.6. The molecule has 0 aliphatic carbocycles. The topological polar surface area (TPSA) is 64.3 Å². The van der Waals surface area contributed by atoms with Crippen molar-refractivity contribution in [3.63, 3.8) is 0 Å². The summed E-state index contributed by atoms with van der Waals surface area (Å²) in [5.74, 6) is -0.0625. The number of nitrogen functional groups attached to an aromatic ring is 1. The highest BCUT2D eigenvalue weighted by Gasteiger charge is 2.41. The van der Waals surface area contributed by atoms with Gasteiger partial charge in [-0.2, -0.15) is 0 Å². The number of nitrogens with two attached hydrogens (primary N) is 1. The maximum atomic E-state index is 12.5. The smallest absolute Gasteiger partial charge is 0.263 e. The Hall–Kier alpha value is -1.59. The molecule has 5 heteroatoms. The highest BCUT2D eigenvalue weighted by Crippen LogP contribution is 2.36. The predicted molar refractivity (Wildman–Crippen MR) is 84.7 cm³/mol. The van der Waals surface area contributed by atoms with Crippen molar-refractivity contribution in [1.29, 1.82) is 0 Å². The molecule has 2 aliphatic rings. The molecule has 110 valence electrons. The van der Waals surface area contributed by atoms with Crippen LogP contribution in [0.3, 0.4) is 0 Å². The van der Waals surface area contributed by atoms with E-state index in [4.69, 9.17) is 10.5 Å². The van der Waals surface area contributed by atoms with Crippen LogP contribution < -0.4 is 11.1 Å². The third-order valence-corrected chi connectivity index (χ3v) is 5.70. The Morgan fingerprint density at radius 3 is 3.00 bits per heavy atom. The van der Waals surface area contributed by atoms with Gasteiger partial charge in [0.1, 0.15) is 4.88 Å². The molecule has 2 saturated heterocycles. The van der Waals surface area contributed by atoms with E-state index in [2.05, 4.69) is 5.32 Å². The Kier molecular flexibility index (Phi) is 2.94. The van der Waals surface area contributed by atoms with Gasteiger partial charge in [-0.25, -0.2) is 0 Å². The fourth-order valence-corrected chi connectivity index (χ4v) is 4.43. The van der Waals surface area contributed by atoms with Gasteiger partial charge in [-0.3, -0.25) is 4.79 Å². The number of anilines is 1. The van der Waals surface area contributed by atoms with Crippen LogP contribution in [0.25, 0.3) is 10.1 Å². The molecule has 1 aromatic heterocycles. The average Bonchev–Trinajstić information content (AvgIpc) is 3.14. The van der Waals surface area contributed by atoms with E-state index >= 15 is 0 Å². The van der Waals surface area contributed by atoms with Crippen molar-refractivity contribution in [2.75, 3.05) is 5.73 Å². The summed E-state index contributed by atoms with van der Waals surface area (Å²) in [5.41, 5.74) is 7.93. The van der Waals surface area contributed by atoms with Gasteiger partial charge in [-0.05, 0) is 38.3 Å². The fraction of sp³-hybridized carbons (Fsp3) is 0.438. The lowest BCUT2D eigenvalue weighted by Gasteiger charge is -2.19. The molecule has 3 unspecified atom stereocenters. The first-order valence-corrected chi connectivity index (χ1v) is 8.18. The van der Waals surface area contributed by atoms with E-state index in [-0.39, 0.29) is 18.1 Å². The third kappa shape index (κ3) is 2.12. The van der Waals surface area contributed by atoms with Crippen molar-refractivity contribution in [2.45, 2.75) is 44.4 Å². The number of thiophene rings is 1. The van der Waals surface area contributed by atoms with Gasteiger partial charge in [0.2, 0.25) is 0 Å². The summed E-state index contributed by atoms with van der Waals surface area (Å²) in [6.45, 7) is 2.03. The number of ether oxygens (including phenoxy) is 1. The first-order valence-electron chi connectivity index (χ1n) is 7.37. The van der Waals surface area contributed by atoms with E-state index in [1.54, 1.807) is 0 Å². The van der Waals surface area contributed by atoms with Gasteiger partial charge in [-0.15, -0.1) is 11.3 Å². The van der Waals surface area contributed by atoms with Gasteiger partial charge in [0, 0.05) is 10.1 Å². The van der Waals surface area contributed by atoms with Gasteiger partial charge < -0.3 is 15.8 Å². The SMILES string of the molecule is Cc1ccc2sc(C(=O)NC3CC4CCC3O4)c(N)c2c1. The molecule has 4 nitrogen and oxygen atoms in total. The second-order valence-electron chi connectivity index (χ2n) is 6.03. The molecule has 2 fully saturated rings. The molecule has 21 heavy (non-hydrogen) atoms. The van der Waals surface area contributed by atoms with Crippen LogP contribution in [-0.4, -0.2) is 24.2 Å². The van der Waals surface area contributed by atoms with Crippen LogP contribution >= 0.6 is 11.3 Å². The van der Waals surface area contributed by atoms with E-state index in [9.17, 15) is 4.79 Å². The van der Waals surface area contributed by atoms with Crippen LogP contribution in [0.4, 0.5) is 5.69 Å². The molecule has 2 aromatic rings. The largest absolute Gasteiger partial charge is 0.397 e. The second kappa shape index (κ2) is 4.71. The van der Waals surface area contributed by atoms with Crippen LogP contribution in [-0.2, 0) is 4.74 Å². The van der Waals surface area contributed by atoms with Crippen LogP contribution in [0, 0.1) is 6.92 Å². The fourth-order valence-electron chi connectivity index (χ4n) is 3.42. The van der Waals surface area contributed by atoms with Crippen LogP contribution in [0.15, 0.2) is 18.2 Å². The Morgan fingerprint density at radius 1 is 1.43 bits per heavy atom. The van der Waals surface area contributed by atoms with E-state index < -0.39 is 0 Å². The first kappa shape index (κ1) is 13.1. The molecule has 3 N–H and O–H groups in total. The van der Waals surface area contributed by atoms with Crippen LogP contribution in [0.1, 0.15) is 34.5 Å². The highest BCUT2D eigenvalue weighted by atomic mass is 32.1. The van der Waals surface area contributed by atoms with Gasteiger partial charge in [0.25, 0.3) is 5.91 Å². The van der Waals surface area contributed by atoms with Gasteiger partial charge in [0.05, 0.1) is 23.9 Å². The van der Waals surface area contributed by atoms with Gasteiger partial charge in [0.15, 0.2) is 0 Å². The number of amides is 1. The summed E-state index contributed by atoms with van der Waals surface area (Å²) < 4.78 is 6.85. The zero-order valence-corrected chi connectivity index (χ0v) is 12.7. The maximum Gasteiger partial charge on any atom is 0.263 e. The number of fused-ring (bicyclic) bond motifs is 3. The molecular weight excluding hydrogens is 284 g/mol. The van der Waals surface area contributed by atoms with Crippen molar-refractivity contribution < 1.29 is 9.53 Å². The molecule has 3 heterocycles. The van der Waals surface area contributed by atoms with Gasteiger partial charge in [-0.1, -0.05) is 11.6 Å². The van der Waals surface area contributed by atoms with Crippen molar-refractivity contribution in [3.05, 3.63) is 28.6 Å². The number of carbonyl (C=O) groups is 1. The first-order chi connectivity index (χ1) is 10.1. The molecule has 0 saturated carbocycles. The minimum atomic E-state index is -0.0625. The molecule has 2 aliphatic heterocycles. The van der Waals surface area contributed by atoms with Crippen LogP contribution in [0.5, 0.6) is 0 Å². The Balaban J connectivity index is 1.61. The zero-order valence-electron chi connectivity index (χ0n) is 11.9. The summed E-state index contributed by atoms with van der Waals surface area (Å²) in [6, 6.07) is 6.26. The average molecular weight is 302 g/mol. The number of aryl methyl sites for hydroxylation is 1. The Morgan fingerprint density at radius 2 is 2.29 bits per heavy atom. The summed E-state index contributed by atoms with van der Waals surface area (Å²) in [7, 11) is 0. The maximum absolute atomic E-state index is 12.5. The summed E-state index contributed by atoms with van der Waals surface area (Å²) in [4.78, 5) is 13.1. The minimum Gasteiger partial charge on any atom is -0.397 e. The highest BCUT2D eigenvalue weighted by molar-refractivity contribution is 7.21. The number of benzene rings is 1. The van der Waals surface area contributed by atoms with Crippen molar-refractivity contribution in [1.82, 2.24) is 5.32 Å². The second-order valence-corrected chi connectivity index (χ2v) is 7.09. The third-order valence-electron chi connectivity index (χ3n) is 4.51. The molecular formula is C16H18N2O2S. The van der Waals surface area contributed by atoms with Crippen molar-refractivity contribution in [3.8, 4) is 0 Å². The van der Waals surface area contributed by atoms with Gasteiger partial charge >= 0.3 is 0 Å². The van der Waals surface area contributed by atoms with Crippen molar-refractivity contribution >= 4 is 33.0 Å². The number of carbonyl (C=O) groups excluding carboxylic acids is 1. The summed E-state index contributed by atoms with van der Waals surface area (Å²) >= 11 is 1.47. The molecule has 1 aromatic carbocycles. The standard InChI is InChI=1S/C16H18N2O2S/c1-8-2-5-13-10(6-8)14(17)15(21-13)16(19)18-11-7-9-3-4-12(11)20-9/h2,5-6,9,11-12H,3-4,7,17H2,1H3,(H,18,19). The van der Waals surface area contributed by atoms with Crippen LogP contribution in [0.2, 0.25) is 0 Å². The summed E-state index contributed by atoms with van der Waals surface area (Å²) in [5, 5.41) is 4.09. The number of nitrogens with one attached hydrogen (secondary N) is 1. The monoisotopic (exact) mass is 302 g/mol. The molecule has 2 bridgehead atoms. The lowest BCUT2D eigenvalue weighted by atomic mass is 9.95. The normalized spacial score (nSPS) is 27.4. The summed E-state index contributed by atoms with van der Waals surface area (Å²) in [6.07, 6.45) is 3.64. The number of hydrogen-bond acceptors (Lipinski definition) is 4. The molecule has 0 spiro atoms. The molecule has 3 atom stereocenters. The molecule has 4 rings (SSSR count). The predicted octanol–water partition coefficient (Wildman–Crippen LogP) is 2.84. The lowest BCUT2D eigenvalue weighted by molar-refractivity contribution is 0.0844. The number of rotatable bonds is 2. The Labute approximate surface area is 127 Å². The molecule has 1 amide bonds. The lowest BCUT2D eigenvalue weighted by Crippen LogP contribution is -2.41. The minimum absolute atomic E-state index is 0.0625. The van der Waals surface area contributed by atoms with E-state index in [1.165, 1.54) is 11.3 Å². The van der Waals surface area contributed by atoms with E-state index in [1.807, 2.05) is 25.1 Å².